The molecule has 2 aromatic carbocycles. The number of hydrogen-bond donors (Lipinski definition) is 0. The van der Waals surface area contributed by atoms with Crippen molar-refractivity contribution in [1.29, 1.82) is 0 Å². The van der Waals surface area contributed by atoms with Crippen molar-refractivity contribution in [3.63, 3.8) is 0 Å². The van der Waals surface area contributed by atoms with Gasteiger partial charge < -0.3 is 9.47 Å². The number of carbonyl (C=O) groups is 1. The number of halogens is 1. The molecule has 0 spiro atoms. The zero-order chi connectivity index (χ0) is 20.5. The van der Waals surface area contributed by atoms with E-state index in [1.807, 2.05) is 54.6 Å². The number of aromatic nitrogens is 1. The van der Waals surface area contributed by atoms with Gasteiger partial charge in [-0.05, 0) is 53.7 Å². The number of anilines is 1. The minimum Gasteiger partial charge on any atom is -0.454 e. The van der Waals surface area contributed by atoms with Crippen molar-refractivity contribution < 1.29 is 14.3 Å². The van der Waals surface area contributed by atoms with E-state index in [1.165, 1.54) is 18.0 Å². The first-order valence-electron chi connectivity index (χ1n) is 9.06. The Labute approximate surface area is 181 Å². The molecule has 8 heteroatoms. The molecule has 3 aromatic rings. The molecule has 0 N–H and O–H groups in total. The van der Waals surface area contributed by atoms with Gasteiger partial charge in [-0.15, -0.1) is 0 Å². The first-order valence-corrected chi connectivity index (χ1v) is 10.3. The quantitative estimate of drug-likeness (QED) is 0.524. The summed E-state index contributed by atoms with van der Waals surface area (Å²) in [5.74, 6) is 1.20. The standard InChI is InChI=1S/C22H14ClN3O3S/c23-16-12-24-9-8-17(16)25-22-26(15-4-2-1-3-5-15)21(27)20(30-22)11-14-6-7-18-19(10-14)29-13-28-18/h1-12H,13H2/b20-11-,25-22?. The number of nitrogens with zero attached hydrogens (tertiary/aromatic N) is 3. The van der Waals surface area contributed by atoms with Gasteiger partial charge >= 0.3 is 0 Å². The Morgan fingerprint density at radius 3 is 2.77 bits per heavy atom. The molecule has 0 bridgehead atoms. The predicted octanol–water partition coefficient (Wildman–Crippen LogP) is 5.27. The molecule has 148 valence electrons. The monoisotopic (exact) mass is 435 g/mol. The third-order valence-electron chi connectivity index (χ3n) is 4.48. The van der Waals surface area contributed by atoms with Gasteiger partial charge in [-0.1, -0.05) is 35.9 Å². The molecule has 0 unspecified atom stereocenters. The van der Waals surface area contributed by atoms with Gasteiger partial charge in [0.2, 0.25) is 6.79 Å². The second-order valence-corrected chi connectivity index (χ2v) is 7.84. The normalized spacial score (nSPS) is 17.9. The van der Waals surface area contributed by atoms with E-state index in [0.29, 0.717) is 32.3 Å². The van der Waals surface area contributed by atoms with Crippen molar-refractivity contribution in [2.24, 2.45) is 4.99 Å². The number of fused-ring (bicyclic) bond motifs is 1. The molecule has 0 saturated carbocycles. The average Bonchev–Trinajstić information content (AvgIpc) is 3.34. The summed E-state index contributed by atoms with van der Waals surface area (Å²) in [7, 11) is 0. The van der Waals surface area contributed by atoms with Crippen LogP contribution in [0.5, 0.6) is 11.5 Å². The third-order valence-corrected chi connectivity index (χ3v) is 5.74. The van der Waals surface area contributed by atoms with E-state index in [0.717, 1.165) is 11.3 Å². The molecule has 1 saturated heterocycles. The topological polar surface area (TPSA) is 64.0 Å². The largest absolute Gasteiger partial charge is 0.454 e. The molecule has 2 aliphatic heterocycles. The number of thioether (sulfide) groups is 1. The van der Waals surface area contributed by atoms with E-state index in [2.05, 4.69) is 9.98 Å². The Bertz CT molecular complexity index is 1200. The number of pyridine rings is 1. The summed E-state index contributed by atoms with van der Waals surface area (Å²) in [5.41, 5.74) is 2.12. The second kappa shape index (κ2) is 7.85. The van der Waals surface area contributed by atoms with Crippen molar-refractivity contribution >= 4 is 51.9 Å². The molecular formula is C22H14ClN3O3S. The fourth-order valence-corrected chi connectivity index (χ4v) is 4.22. The lowest BCUT2D eigenvalue weighted by Gasteiger charge is -2.15. The Kier molecular flexibility index (Phi) is 4.90. The number of para-hydroxylation sites is 1. The van der Waals surface area contributed by atoms with E-state index in [9.17, 15) is 4.79 Å². The fourth-order valence-electron chi connectivity index (χ4n) is 3.07. The first-order chi connectivity index (χ1) is 14.7. The van der Waals surface area contributed by atoms with E-state index in [-0.39, 0.29) is 12.7 Å². The Morgan fingerprint density at radius 1 is 1.10 bits per heavy atom. The van der Waals surface area contributed by atoms with Crippen LogP contribution in [0.15, 0.2) is 76.9 Å². The highest BCUT2D eigenvalue weighted by Crippen LogP contribution is 2.39. The van der Waals surface area contributed by atoms with Crippen molar-refractivity contribution in [2.75, 3.05) is 11.7 Å². The Morgan fingerprint density at radius 2 is 1.93 bits per heavy atom. The number of amides is 1. The van der Waals surface area contributed by atoms with Crippen molar-refractivity contribution in [3.05, 3.63) is 82.5 Å². The summed E-state index contributed by atoms with van der Waals surface area (Å²) in [6.45, 7) is 0.203. The average molecular weight is 436 g/mol. The number of rotatable bonds is 3. The lowest BCUT2D eigenvalue weighted by molar-refractivity contribution is -0.113. The molecule has 3 heterocycles. The van der Waals surface area contributed by atoms with Gasteiger partial charge in [0, 0.05) is 12.4 Å². The van der Waals surface area contributed by atoms with Crippen molar-refractivity contribution in [1.82, 2.24) is 4.98 Å². The highest BCUT2D eigenvalue weighted by molar-refractivity contribution is 8.19. The third kappa shape index (κ3) is 3.53. The summed E-state index contributed by atoms with van der Waals surface area (Å²) >= 11 is 7.52. The van der Waals surface area contributed by atoms with Crippen LogP contribution in [0.1, 0.15) is 5.56 Å². The lowest BCUT2D eigenvalue weighted by atomic mass is 10.2. The minimum atomic E-state index is -0.159. The molecule has 0 radical (unpaired) electrons. The van der Waals surface area contributed by atoms with Crippen LogP contribution < -0.4 is 14.4 Å². The van der Waals surface area contributed by atoms with Gasteiger partial charge in [0.25, 0.3) is 5.91 Å². The van der Waals surface area contributed by atoms with Gasteiger partial charge in [0.15, 0.2) is 16.7 Å². The molecule has 1 amide bonds. The van der Waals surface area contributed by atoms with Crippen LogP contribution in [0.3, 0.4) is 0 Å². The number of amidine groups is 1. The van der Waals surface area contributed by atoms with Crippen LogP contribution in [0.25, 0.3) is 6.08 Å². The lowest BCUT2D eigenvalue weighted by Crippen LogP contribution is -2.28. The number of aliphatic imine (C=N–C) groups is 1. The molecular weight excluding hydrogens is 422 g/mol. The molecule has 6 nitrogen and oxygen atoms in total. The zero-order valence-electron chi connectivity index (χ0n) is 15.5. The van der Waals surface area contributed by atoms with Crippen molar-refractivity contribution in [2.45, 2.75) is 0 Å². The SMILES string of the molecule is O=C1/C(=C/c2ccc3c(c2)OCO3)SC(=Nc2ccncc2Cl)N1c1ccccc1. The van der Waals surface area contributed by atoms with Crippen LogP contribution in [0.4, 0.5) is 11.4 Å². The molecule has 1 aromatic heterocycles. The van der Waals surface area contributed by atoms with E-state index in [1.54, 1.807) is 17.2 Å². The molecule has 0 aliphatic carbocycles. The van der Waals surface area contributed by atoms with Gasteiger partial charge in [-0.25, -0.2) is 4.99 Å². The summed E-state index contributed by atoms with van der Waals surface area (Å²) < 4.78 is 10.8. The van der Waals surface area contributed by atoms with Crippen LogP contribution in [-0.4, -0.2) is 22.9 Å². The maximum atomic E-state index is 13.3. The summed E-state index contributed by atoms with van der Waals surface area (Å²) in [6, 6.07) is 16.7. The Balaban J connectivity index is 1.56. The number of ether oxygens (including phenoxy) is 2. The molecule has 5 rings (SSSR count). The van der Waals surface area contributed by atoms with Crippen LogP contribution in [0, 0.1) is 0 Å². The summed E-state index contributed by atoms with van der Waals surface area (Å²) in [4.78, 5) is 24.0. The molecule has 0 atom stereocenters. The van der Waals surface area contributed by atoms with Crippen LogP contribution >= 0.6 is 23.4 Å². The van der Waals surface area contributed by atoms with Crippen molar-refractivity contribution in [3.8, 4) is 11.5 Å². The number of hydrogen-bond acceptors (Lipinski definition) is 6. The highest BCUT2D eigenvalue weighted by atomic mass is 35.5. The smallest absolute Gasteiger partial charge is 0.271 e. The maximum Gasteiger partial charge on any atom is 0.271 e. The number of benzene rings is 2. The van der Waals surface area contributed by atoms with Gasteiger partial charge in [0.05, 0.1) is 21.3 Å². The first kappa shape index (κ1) is 18.7. The fraction of sp³-hybridized carbons (Fsp3) is 0.0455. The van der Waals surface area contributed by atoms with Crippen LogP contribution in [-0.2, 0) is 4.79 Å². The van der Waals surface area contributed by atoms with Gasteiger partial charge in [0.1, 0.15) is 0 Å². The summed E-state index contributed by atoms with van der Waals surface area (Å²) in [6.07, 6.45) is 4.96. The van der Waals surface area contributed by atoms with E-state index in [4.69, 9.17) is 21.1 Å². The van der Waals surface area contributed by atoms with Gasteiger partial charge in [-0.2, -0.15) is 0 Å². The highest BCUT2D eigenvalue weighted by Gasteiger charge is 2.35. The molecule has 1 fully saturated rings. The second-order valence-electron chi connectivity index (χ2n) is 6.42. The molecule has 2 aliphatic rings. The maximum absolute atomic E-state index is 13.3. The molecule has 30 heavy (non-hydrogen) atoms. The summed E-state index contributed by atoms with van der Waals surface area (Å²) in [5, 5.41) is 0.936. The van der Waals surface area contributed by atoms with E-state index < -0.39 is 0 Å². The van der Waals surface area contributed by atoms with Crippen LogP contribution in [0.2, 0.25) is 5.02 Å². The predicted molar refractivity (Wildman–Crippen MR) is 118 cm³/mol. The minimum absolute atomic E-state index is 0.159. The van der Waals surface area contributed by atoms with E-state index >= 15 is 0 Å². The number of carbonyl (C=O) groups excluding carboxylic acids is 1. The Hall–Kier alpha value is -3.29. The van der Waals surface area contributed by atoms with Gasteiger partial charge in [-0.3, -0.25) is 14.7 Å². The zero-order valence-corrected chi connectivity index (χ0v) is 17.1.